The number of fused-ring (bicyclic) bond motifs is 2. The van der Waals surface area contributed by atoms with E-state index in [0.717, 1.165) is 12.3 Å². The standard InChI is InChI=1S/C32H34F9N6O9PS/c1-42-10-14-53-57(3)56-21-15-24(55-23(21)17-50-2)46-16-22-26(44-29(46)58)47(28(49)31(36,37)38)25-19(7-4-8-20(25)54-22)51-13-6-12-45(27(48)30(33,34)35)11-5-9-43-18-52-32(39,40)41/h4,7-8,16,18,21,23-24H,5-6,9-15,17H2,2-3H3/t21-,23-,24-,57?/m1/s1/i2TD/t2?,21-,23-,24-,57?. The number of rotatable bonds is 18. The van der Waals surface area contributed by atoms with Crippen molar-refractivity contribution in [3.05, 3.63) is 40.6 Å². The van der Waals surface area contributed by atoms with Crippen molar-refractivity contribution < 1.29 is 84.6 Å². The number of nitrogens with zero attached hydrogens (tertiary/aromatic N) is 6. The van der Waals surface area contributed by atoms with Crippen LogP contribution in [0.25, 0.3) is 4.85 Å². The fourth-order valence-electron chi connectivity index (χ4n) is 5.45. The lowest BCUT2D eigenvalue weighted by Crippen LogP contribution is -2.42. The molecule has 320 valence electrons. The number of carbonyl (C=O) groups excluding carboxylic acids is 2. The lowest BCUT2D eigenvalue weighted by Gasteiger charge is -2.32. The van der Waals surface area contributed by atoms with E-state index in [2.05, 4.69) is 19.6 Å². The number of para-hydroxylation sites is 1. The first-order valence-corrected chi connectivity index (χ1v) is 18.7. The van der Waals surface area contributed by atoms with Crippen molar-refractivity contribution >= 4 is 50.3 Å². The van der Waals surface area contributed by atoms with Gasteiger partial charge in [-0.25, -0.2) is 11.5 Å². The molecule has 5 atom stereocenters. The van der Waals surface area contributed by atoms with Gasteiger partial charge < -0.3 is 42.5 Å². The molecule has 58 heavy (non-hydrogen) atoms. The predicted molar refractivity (Wildman–Crippen MR) is 186 cm³/mol. The summed E-state index contributed by atoms with van der Waals surface area (Å²) in [6.45, 7) is 6.22. The Balaban J connectivity index is 1.56. The van der Waals surface area contributed by atoms with E-state index in [1.165, 1.54) is 16.7 Å². The normalized spacial score (nSPS) is 19.6. The number of carbonyl (C=O) groups is 2. The van der Waals surface area contributed by atoms with E-state index < -0.39 is 118 Å². The first-order valence-electron chi connectivity index (χ1n) is 17.8. The Labute approximate surface area is 333 Å². The monoisotopic (exact) mass is 883 g/mol. The van der Waals surface area contributed by atoms with Crippen LogP contribution in [0.1, 0.15) is 28.2 Å². The minimum atomic E-state index is -5.51. The molecule has 2 aromatic rings. The van der Waals surface area contributed by atoms with E-state index in [1.54, 1.807) is 6.66 Å². The Morgan fingerprint density at radius 3 is 2.59 bits per heavy atom. The molecule has 0 bridgehead atoms. The molecule has 2 unspecified atom stereocenters. The van der Waals surface area contributed by atoms with Gasteiger partial charge in [-0.05, 0) is 37.2 Å². The van der Waals surface area contributed by atoms with Gasteiger partial charge in [-0.15, -0.1) is 13.2 Å². The van der Waals surface area contributed by atoms with Crippen molar-refractivity contribution in [1.82, 2.24) is 14.5 Å². The number of alkyl halides is 9. The molecule has 1 fully saturated rings. The van der Waals surface area contributed by atoms with Gasteiger partial charge in [0, 0.05) is 39.8 Å². The molecule has 1 aromatic heterocycles. The summed E-state index contributed by atoms with van der Waals surface area (Å²) in [5, 5.41) is 0. The van der Waals surface area contributed by atoms with E-state index in [9.17, 15) is 49.1 Å². The van der Waals surface area contributed by atoms with Crippen LogP contribution in [0.2, 0.25) is 0 Å². The van der Waals surface area contributed by atoms with Crippen LogP contribution in [0, 0.1) is 11.3 Å². The maximum absolute atomic E-state index is 14.2. The maximum atomic E-state index is 14.2. The first kappa shape index (κ1) is 43.2. The highest BCUT2D eigenvalue weighted by molar-refractivity contribution is 7.71. The van der Waals surface area contributed by atoms with Gasteiger partial charge in [-0.3, -0.25) is 19.1 Å². The summed E-state index contributed by atoms with van der Waals surface area (Å²) >= 11 is 5.42. The van der Waals surface area contributed by atoms with Crippen LogP contribution in [-0.4, -0.2) is 123 Å². The quantitative estimate of drug-likeness (QED) is 0.0285. The molecular weight excluding hydrogens is 846 g/mol. The Morgan fingerprint density at radius 2 is 1.91 bits per heavy atom. The molecule has 3 heterocycles. The number of halogens is 9. The summed E-state index contributed by atoms with van der Waals surface area (Å²) in [5.41, 5.74) is -0.591. The van der Waals surface area contributed by atoms with Crippen molar-refractivity contribution in [1.29, 1.82) is 0 Å². The van der Waals surface area contributed by atoms with Gasteiger partial charge in [0.25, 0.3) is 0 Å². The highest BCUT2D eigenvalue weighted by atomic mass is 32.1. The second-order valence-corrected chi connectivity index (χ2v) is 13.6. The molecule has 1 saturated heterocycles. The summed E-state index contributed by atoms with van der Waals surface area (Å²) in [7, 11) is -3.23. The predicted octanol–water partition coefficient (Wildman–Crippen LogP) is 7.26. The summed E-state index contributed by atoms with van der Waals surface area (Å²) < 4.78 is 172. The number of methoxy groups -OCH3 is 1. The smallest absolute Gasteiger partial charge is 0.491 e. The highest BCUT2D eigenvalue weighted by Crippen LogP contribution is 2.52. The van der Waals surface area contributed by atoms with Gasteiger partial charge in [0.05, 0.1) is 28.3 Å². The summed E-state index contributed by atoms with van der Waals surface area (Å²) in [4.78, 5) is 36.1. The van der Waals surface area contributed by atoms with Gasteiger partial charge >= 0.3 is 30.5 Å². The fourth-order valence-corrected chi connectivity index (χ4v) is 6.71. The fraction of sp³-hybridized carbons (Fsp3) is 0.562. The van der Waals surface area contributed by atoms with Crippen LogP contribution in [-0.2, 0) is 32.8 Å². The van der Waals surface area contributed by atoms with Gasteiger partial charge in [0.2, 0.25) is 11.3 Å². The largest absolute Gasteiger partial charge is 0.573 e. The molecular formula is C32H34F9N6O9PS. The summed E-state index contributed by atoms with van der Waals surface area (Å²) in [5.74, 6) is -6.60. The Morgan fingerprint density at radius 1 is 1.17 bits per heavy atom. The van der Waals surface area contributed by atoms with Crippen LogP contribution in [0.4, 0.5) is 51.0 Å². The Hall–Kier alpha value is -4.34. The zero-order chi connectivity index (χ0) is 44.4. The number of hydrogen-bond acceptors (Lipinski definition) is 12. The Kier molecular flexibility index (Phi) is 15.0. The van der Waals surface area contributed by atoms with Gasteiger partial charge in [-0.1, -0.05) is 6.07 Å². The van der Waals surface area contributed by atoms with E-state index >= 15 is 0 Å². The summed E-state index contributed by atoms with van der Waals surface area (Å²) in [6.07, 6.45) is -18.0. The average molecular weight is 884 g/mol. The van der Waals surface area contributed by atoms with Crippen LogP contribution in [0.3, 0.4) is 0 Å². The van der Waals surface area contributed by atoms with Gasteiger partial charge in [0.1, 0.15) is 30.4 Å². The number of anilines is 2. The van der Waals surface area contributed by atoms with E-state index in [0.29, 0.717) is 4.90 Å². The molecule has 2 aliphatic rings. The molecule has 26 heteroatoms. The van der Waals surface area contributed by atoms with Crippen molar-refractivity contribution in [2.75, 3.05) is 64.6 Å². The third-order valence-corrected chi connectivity index (χ3v) is 9.23. The van der Waals surface area contributed by atoms with Crippen LogP contribution >= 0.6 is 20.6 Å². The van der Waals surface area contributed by atoms with E-state index in [4.69, 9.17) is 49.5 Å². The highest BCUT2D eigenvalue weighted by Gasteiger charge is 2.49. The summed E-state index contributed by atoms with van der Waals surface area (Å²) in [6, 6.07) is 3.61. The third kappa shape index (κ3) is 12.6. The first-order chi connectivity index (χ1) is 28.1. The van der Waals surface area contributed by atoms with Crippen LogP contribution < -0.4 is 14.4 Å². The molecule has 2 amide bonds. The molecule has 0 N–H and O–H groups in total. The number of benzene rings is 1. The zero-order valence-electron chi connectivity index (χ0n) is 31.9. The number of aromatic nitrogens is 2. The maximum Gasteiger partial charge on any atom is 0.573 e. The van der Waals surface area contributed by atoms with Gasteiger partial charge in [0.15, 0.2) is 32.1 Å². The van der Waals surface area contributed by atoms with Crippen LogP contribution in [0.15, 0.2) is 29.4 Å². The van der Waals surface area contributed by atoms with Crippen LogP contribution in [0.5, 0.6) is 17.2 Å². The van der Waals surface area contributed by atoms with Crippen molar-refractivity contribution in [2.45, 2.75) is 56.4 Å². The molecule has 2 aliphatic heterocycles. The van der Waals surface area contributed by atoms with Crippen molar-refractivity contribution in [3.8, 4) is 17.2 Å². The molecule has 1 aromatic carbocycles. The Bertz CT molecular complexity index is 1940. The molecule has 15 nitrogen and oxygen atoms in total. The topological polar surface area (TPSA) is 140 Å². The minimum absolute atomic E-state index is 0.0267. The third-order valence-electron chi connectivity index (χ3n) is 7.81. The molecule has 0 saturated carbocycles. The lowest BCUT2D eigenvalue weighted by molar-refractivity contribution is -0.280. The number of hydrogen-bond donors (Lipinski definition) is 0. The molecule has 0 spiro atoms. The SMILES string of the molecule is [2H]C([3H])OC[C@H]1O[C@@H](n2cc3c(nc2=S)N(C(=O)C(F)(F)F)c2c(OCCCN(CCCN=COC(F)(F)F)C(=O)C(F)(F)F)cccc2O3)C[C@H]1OP(C)OCC[N+]#[C-]. The van der Waals surface area contributed by atoms with Gasteiger partial charge in [-0.2, -0.15) is 31.3 Å². The number of ether oxygens (including phenoxy) is 5. The molecule has 4 rings (SSSR count). The minimum Gasteiger partial charge on any atom is -0.491 e. The second-order valence-electron chi connectivity index (χ2n) is 11.9. The number of aliphatic imine (C=N–C) groups is 1. The zero-order valence-corrected chi connectivity index (χ0v) is 31.6. The molecule has 0 aliphatic carbocycles. The number of amides is 2. The lowest BCUT2D eigenvalue weighted by atomic mass is 10.2. The van der Waals surface area contributed by atoms with E-state index in [-0.39, 0.29) is 56.1 Å². The molecule has 0 radical (unpaired) electrons. The van der Waals surface area contributed by atoms with E-state index in [1.807, 2.05) is 0 Å². The van der Waals surface area contributed by atoms with Crippen molar-refractivity contribution in [2.24, 2.45) is 4.99 Å². The van der Waals surface area contributed by atoms with Crippen molar-refractivity contribution in [3.63, 3.8) is 0 Å². The second kappa shape index (κ2) is 20.1. The average Bonchev–Trinajstić information content (AvgIpc) is 3.55.